The molecule has 0 saturated heterocycles. The number of hydrogen-bond donors (Lipinski definition) is 2. The molecule has 1 aromatic heterocycles. The van der Waals surface area contributed by atoms with Gasteiger partial charge in [-0.25, -0.2) is 4.79 Å². The number of carbonyl (C=O) groups is 2. The third kappa shape index (κ3) is 7.32. The minimum Gasteiger partial charge on any atom is -0.493 e. The summed E-state index contributed by atoms with van der Waals surface area (Å²) in [5.74, 6) is 1.21. The number of methoxy groups -OCH3 is 3. The van der Waals surface area contributed by atoms with E-state index in [0.29, 0.717) is 39.5 Å². The fourth-order valence-electron chi connectivity index (χ4n) is 3.67. The van der Waals surface area contributed by atoms with Gasteiger partial charge in [0.25, 0.3) is 0 Å². The molecule has 198 valence electrons. The first kappa shape index (κ1) is 27.7. The Morgan fingerprint density at radius 2 is 1.68 bits per heavy atom. The number of anilines is 2. The Morgan fingerprint density at radius 3 is 2.30 bits per heavy atom. The van der Waals surface area contributed by atoms with Crippen molar-refractivity contribution >= 4 is 34.1 Å². The SMILES string of the molecule is CCCN(CCC(=O)Nc1nnc(-c2cc(OC)c(OC)c(OC)c2)s1)C(=O)Nc1cccc(CC)c1. The van der Waals surface area contributed by atoms with Crippen molar-refractivity contribution in [1.82, 2.24) is 15.1 Å². The smallest absolute Gasteiger partial charge is 0.321 e. The summed E-state index contributed by atoms with van der Waals surface area (Å²) in [5.41, 5.74) is 2.59. The summed E-state index contributed by atoms with van der Waals surface area (Å²) in [6, 6.07) is 11.1. The molecule has 3 aromatic rings. The predicted octanol–water partition coefficient (Wildman–Crippen LogP) is 5.07. The van der Waals surface area contributed by atoms with Crippen LogP contribution in [0.2, 0.25) is 0 Å². The third-order valence-electron chi connectivity index (χ3n) is 5.56. The number of carbonyl (C=O) groups excluding carboxylic acids is 2. The van der Waals surface area contributed by atoms with Crippen molar-refractivity contribution in [2.75, 3.05) is 45.1 Å². The molecular weight excluding hydrogens is 494 g/mol. The number of hydrogen-bond acceptors (Lipinski definition) is 8. The Labute approximate surface area is 220 Å². The van der Waals surface area contributed by atoms with Gasteiger partial charge in [0.05, 0.1) is 21.3 Å². The summed E-state index contributed by atoms with van der Waals surface area (Å²) >= 11 is 1.22. The van der Waals surface area contributed by atoms with Gasteiger partial charge in [0.15, 0.2) is 11.5 Å². The van der Waals surface area contributed by atoms with Crippen LogP contribution >= 0.6 is 11.3 Å². The molecule has 0 bridgehead atoms. The molecule has 0 spiro atoms. The number of urea groups is 1. The van der Waals surface area contributed by atoms with Gasteiger partial charge < -0.3 is 29.7 Å². The van der Waals surface area contributed by atoms with E-state index in [4.69, 9.17) is 14.2 Å². The summed E-state index contributed by atoms with van der Waals surface area (Å²) in [6.45, 7) is 4.87. The molecule has 1 heterocycles. The number of nitrogens with zero attached hydrogens (tertiary/aromatic N) is 3. The molecule has 0 radical (unpaired) electrons. The van der Waals surface area contributed by atoms with Crippen LogP contribution in [0, 0.1) is 0 Å². The average Bonchev–Trinajstić information content (AvgIpc) is 3.38. The van der Waals surface area contributed by atoms with Crippen molar-refractivity contribution in [2.45, 2.75) is 33.1 Å². The molecule has 0 aliphatic carbocycles. The lowest BCUT2D eigenvalue weighted by Crippen LogP contribution is -2.37. The predicted molar refractivity (Wildman–Crippen MR) is 145 cm³/mol. The molecule has 3 rings (SSSR count). The van der Waals surface area contributed by atoms with Crippen LogP contribution in [0.3, 0.4) is 0 Å². The number of benzene rings is 2. The van der Waals surface area contributed by atoms with Gasteiger partial charge in [-0.3, -0.25) is 4.79 Å². The highest BCUT2D eigenvalue weighted by atomic mass is 32.1. The maximum atomic E-state index is 12.8. The Kier molecular flexibility index (Phi) is 10.1. The lowest BCUT2D eigenvalue weighted by atomic mass is 10.1. The zero-order valence-corrected chi connectivity index (χ0v) is 22.6. The van der Waals surface area contributed by atoms with Crippen molar-refractivity contribution < 1.29 is 23.8 Å². The maximum Gasteiger partial charge on any atom is 0.321 e. The monoisotopic (exact) mass is 527 g/mol. The van der Waals surface area contributed by atoms with Crippen molar-refractivity contribution in [3.63, 3.8) is 0 Å². The average molecular weight is 528 g/mol. The summed E-state index contributed by atoms with van der Waals surface area (Å²) in [6.07, 6.45) is 1.79. The fraction of sp³-hybridized carbons (Fsp3) is 0.385. The molecule has 0 unspecified atom stereocenters. The van der Waals surface area contributed by atoms with Crippen molar-refractivity contribution in [2.24, 2.45) is 0 Å². The molecule has 0 aliphatic rings. The lowest BCUT2D eigenvalue weighted by molar-refractivity contribution is -0.116. The highest BCUT2D eigenvalue weighted by Crippen LogP contribution is 2.42. The van der Waals surface area contributed by atoms with Crippen molar-refractivity contribution in [3.05, 3.63) is 42.0 Å². The fourth-order valence-corrected chi connectivity index (χ4v) is 4.42. The number of nitrogens with one attached hydrogen (secondary N) is 2. The largest absolute Gasteiger partial charge is 0.493 e. The van der Waals surface area contributed by atoms with E-state index in [1.54, 1.807) is 17.0 Å². The number of aryl methyl sites for hydroxylation is 1. The number of amides is 3. The van der Waals surface area contributed by atoms with E-state index in [2.05, 4.69) is 27.8 Å². The topological polar surface area (TPSA) is 115 Å². The van der Waals surface area contributed by atoms with Crippen LogP contribution in [0.25, 0.3) is 10.6 Å². The summed E-state index contributed by atoms with van der Waals surface area (Å²) in [5, 5.41) is 14.9. The van der Waals surface area contributed by atoms with E-state index in [0.717, 1.165) is 24.1 Å². The second-order valence-electron chi connectivity index (χ2n) is 8.10. The second-order valence-corrected chi connectivity index (χ2v) is 9.07. The summed E-state index contributed by atoms with van der Waals surface area (Å²) < 4.78 is 16.2. The van der Waals surface area contributed by atoms with E-state index in [1.165, 1.54) is 32.7 Å². The van der Waals surface area contributed by atoms with Crippen LogP contribution in [0.4, 0.5) is 15.6 Å². The van der Waals surface area contributed by atoms with Gasteiger partial charge in [-0.15, -0.1) is 10.2 Å². The Morgan fingerprint density at radius 1 is 0.946 bits per heavy atom. The Hall–Kier alpha value is -3.86. The first-order valence-corrected chi connectivity index (χ1v) is 12.8. The zero-order chi connectivity index (χ0) is 26.8. The molecule has 0 atom stereocenters. The second kappa shape index (κ2) is 13.4. The quantitative estimate of drug-likeness (QED) is 0.338. The third-order valence-corrected chi connectivity index (χ3v) is 6.45. The summed E-state index contributed by atoms with van der Waals surface area (Å²) in [7, 11) is 4.61. The Balaban J connectivity index is 1.62. The lowest BCUT2D eigenvalue weighted by Gasteiger charge is -2.22. The first-order chi connectivity index (χ1) is 17.9. The van der Waals surface area contributed by atoms with Crippen LogP contribution in [-0.2, 0) is 11.2 Å². The minimum atomic E-state index is -0.255. The van der Waals surface area contributed by atoms with Crippen molar-refractivity contribution in [1.29, 1.82) is 0 Å². The molecule has 10 nitrogen and oxygen atoms in total. The van der Waals surface area contributed by atoms with Gasteiger partial charge in [-0.2, -0.15) is 0 Å². The maximum absolute atomic E-state index is 12.8. The minimum absolute atomic E-state index is 0.127. The zero-order valence-electron chi connectivity index (χ0n) is 21.8. The molecule has 0 fully saturated rings. The van der Waals surface area contributed by atoms with Gasteiger partial charge in [0, 0.05) is 30.8 Å². The molecule has 2 N–H and O–H groups in total. The van der Waals surface area contributed by atoms with Crippen LogP contribution in [0.5, 0.6) is 17.2 Å². The highest BCUT2D eigenvalue weighted by Gasteiger charge is 2.18. The van der Waals surface area contributed by atoms with Gasteiger partial charge in [-0.1, -0.05) is 37.3 Å². The van der Waals surface area contributed by atoms with Gasteiger partial charge in [-0.05, 0) is 42.7 Å². The highest BCUT2D eigenvalue weighted by molar-refractivity contribution is 7.18. The molecule has 0 saturated carbocycles. The summed E-state index contributed by atoms with van der Waals surface area (Å²) in [4.78, 5) is 27.1. The van der Waals surface area contributed by atoms with Crippen LogP contribution < -0.4 is 24.8 Å². The molecule has 3 amide bonds. The Bertz CT molecular complexity index is 1190. The van der Waals surface area contributed by atoms with Gasteiger partial charge in [0.2, 0.25) is 16.8 Å². The number of ether oxygens (including phenoxy) is 3. The first-order valence-electron chi connectivity index (χ1n) is 12.0. The number of rotatable bonds is 12. The van der Waals surface area contributed by atoms with E-state index in [-0.39, 0.29) is 24.9 Å². The normalized spacial score (nSPS) is 10.5. The standard InChI is InChI=1S/C26H33N5O5S/c1-6-12-31(26(33)27-19-10-8-9-17(7-2)14-19)13-11-22(32)28-25-30-29-24(37-25)18-15-20(34-3)23(36-5)21(16-18)35-4/h8-10,14-16H,6-7,11-13H2,1-5H3,(H,27,33)(H,28,30,32). The molecule has 2 aromatic carbocycles. The van der Waals surface area contributed by atoms with E-state index < -0.39 is 0 Å². The van der Waals surface area contributed by atoms with Crippen LogP contribution in [-0.4, -0.2) is 61.5 Å². The number of aromatic nitrogens is 2. The van der Waals surface area contributed by atoms with E-state index in [1.807, 2.05) is 31.2 Å². The molecule has 37 heavy (non-hydrogen) atoms. The van der Waals surface area contributed by atoms with Crippen LogP contribution in [0.1, 0.15) is 32.3 Å². The van der Waals surface area contributed by atoms with Gasteiger partial charge >= 0.3 is 6.03 Å². The molecular formula is C26H33N5O5S. The van der Waals surface area contributed by atoms with E-state index in [9.17, 15) is 9.59 Å². The van der Waals surface area contributed by atoms with E-state index >= 15 is 0 Å². The van der Waals surface area contributed by atoms with Gasteiger partial charge in [0.1, 0.15) is 5.01 Å². The van der Waals surface area contributed by atoms with Crippen molar-refractivity contribution in [3.8, 4) is 27.8 Å². The molecule has 0 aliphatic heterocycles. The van der Waals surface area contributed by atoms with Crippen LogP contribution in [0.15, 0.2) is 36.4 Å². The molecule has 11 heteroatoms.